The Balaban J connectivity index is 2.11. The molecule has 2 rings (SSSR count). The first-order chi connectivity index (χ1) is 10.8. The number of benzene rings is 2. The topological polar surface area (TPSA) is 58.2 Å². The first-order valence-corrected chi connectivity index (χ1v) is 7.69. The maximum Gasteiger partial charge on any atom is 0.239 e. The van der Waals surface area contributed by atoms with E-state index in [0.29, 0.717) is 21.4 Å². The van der Waals surface area contributed by atoms with Crippen LogP contribution in [0, 0.1) is 5.41 Å². The van der Waals surface area contributed by atoms with E-state index in [0.717, 1.165) is 0 Å². The molecule has 120 valence electrons. The summed E-state index contributed by atoms with van der Waals surface area (Å²) in [6.07, 6.45) is 0. The Kier molecular flexibility index (Phi) is 5.29. The fraction of sp³-hybridized carbons (Fsp3) is 0.176. The van der Waals surface area contributed by atoms with Crippen LogP contribution in [0.2, 0.25) is 10.0 Å². The van der Waals surface area contributed by atoms with E-state index < -0.39 is 17.2 Å². The summed E-state index contributed by atoms with van der Waals surface area (Å²) in [6, 6.07) is 13.7. The SMILES string of the molecule is CC(C)(C(=O)Nc1ccccc1)C(=O)Nc1ccc(Cl)cc1Cl. The second kappa shape index (κ2) is 7.02. The number of rotatable bonds is 4. The van der Waals surface area contributed by atoms with Gasteiger partial charge in [-0.05, 0) is 44.2 Å². The van der Waals surface area contributed by atoms with Crippen molar-refractivity contribution < 1.29 is 9.59 Å². The summed E-state index contributed by atoms with van der Waals surface area (Å²) in [7, 11) is 0. The average Bonchev–Trinajstić information content (AvgIpc) is 2.50. The number of carbonyl (C=O) groups is 2. The zero-order valence-electron chi connectivity index (χ0n) is 12.7. The standard InChI is InChI=1S/C17H16Cl2N2O2/c1-17(2,15(22)20-12-6-4-3-5-7-12)16(23)21-14-9-8-11(18)10-13(14)19/h3-10H,1-2H3,(H,20,22)(H,21,23). The van der Waals surface area contributed by atoms with Crippen LogP contribution >= 0.6 is 23.2 Å². The van der Waals surface area contributed by atoms with Crippen LogP contribution < -0.4 is 10.6 Å². The van der Waals surface area contributed by atoms with Gasteiger partial charge in [-0.2, -0.15) is 0 Å². The third kappa shape index (κ3) is 4.24. The van der Waals surface area contributed by atoms with Gasteiger partial charge in [0.15, 0.2) is 0 Å². The van der Waals surface area contributed by atoms with E-state index in [1.807, 2.05) is 6.07 Å². The molecule has 0 aromatic heterocycles. The minimum atomic E-state index is -1.28. The Morgan fingerprint density at radius 1 is 0.913 bits per heavy atom. The van der Waals surface area contributed by atoms with Crippen molar-refractivity contribution in [2.75, 3.05) is 10.6 Å². The summed E-state index contributed by atoms with van der Waals surface area (Å²) in [5, 5.41) is 6.15. The Labute approximate surface area is 144 Å². The minimum absolute atomic E-state index is 0.310. The molecule has 2 aromatic carbocycles. The van der Waals surface area contributed by atoms with E-state index in [9.17, 15) is 9.59 Å². The first kappa shape index (κ1) is 17.3. The van der Waals surface area contributed by atoms with Crippen LogP contribution in [0.25, 0.3) is 0 Å². The van der Waals surface area contributed by atoms with Crippen LogP contribution in [0.5, 0.6) is 0 Å². The number of nitrogens with one attached hydrogen (secondary N) is 2. The maximum absolute atomic E-state index is 12.4. The smallest absolute Gasteiger partial charge is 0.239 e. The van der Waals surface area contributed by atoms with E-state index in [1.165, 1.54) is 6.07 Å². The Bertz CT molecular complexity index is 731. The largest absolute Gasteiger partial charge is 0.325 e. The highest BCUT2D eigenvalue weighted by atomic mass is 35.5. The molecule has 0 heterocycles. The second-order valence-electron chi connectivity index (χ2n) is 5.52. The third-order valence-corrected chi connectivity index (χ3v) is 3.89. The molecule has 0 saturated carbocycles. The van der Waals surface area contributed by atoms with Gasteiger partial charge in [-0.15, -0.1) is 0 Å². The van der Waals surface area contributed by atoms with E-state index in [2.05, 4.69) is 10.6 Å². The summed E-state index contributed by atoms with van der Waals surface area (Å²) in [6.45, 7) is 3.09. The van der Waals surface area contributed by atoms with E-state index in [-0.39, 0.29) is 0 Å². The Morgan fingerprint density at radius 2 is 1.52 bits per heavy atom. The molecule has 0 atom stereocenters. The highest BCUT2D eigenvalue weighted by Gasteiger charge is 2.36. The quantitative estimate of drug-likeness (QED) is 0.791. The van der Waals surface area contributed by atoms with Gasteiger partial charge in [0.25, 0.3) is 0 Å². The maximum atomic E-state index is 12.4. The van der Waals surface area contributed by atoms with E-state index in [1.54, 1.807) is 50.2 Å². The molecule has 0 spiro atoms. The predicted octanol–water partition coefficient (Wildman–Crippen LogP) is 4.60. The van der Waals surface area contributed by atoms with Crippen LogP contribution in [0.4, 0.5) is 11.4 Å². The van der Waals surface area contributed by atoms with Gasteiger partial charge in [-0.3, -0.25) is 9.59 Å². The Morgan fingerprint density at radius 3 is 2.13 bits per heavy atom. The molecule has 0 bridgehead atoms. The van der Waals surface area contributed by atoms with Crippen molar-refractivity contribution in [2.45, 2.75) is 13.8 Å². The van der Waals surface area contributed by atoms with Gasteiger partial charge in [0.1, 0.15) is 5.41 Å². The molecule has 0 fully saturated rings. The van der Waals surface area contributed by atoms with E-state index in [4.69, 9.17) is 23.2 Å². The van der Waals surface area contributed by atoms with Crippen molar-refractivity contribution in [3.05, 3.63) is 58.6 Å². The monoisotopic (exact) mass is 350 g/mol. The normalized spacial score (nSPS) is 11.0. The predicted molar refractivity (Wildman–Crippen MR) is 93.9 cm³/mol. The lowest BCUT2D eigenvalue weighted by Gasteiger charge is -2.23. The second-order valence-corrected chi connectivity index (χ2v) is 6.37. The van der Waals surface area contributed by atoms with Crippen LogP contribution in [0.3, 0.4) is 0 Å². The van der Waals surface area contributed by atoms with Crippen molar-refractivity contribution in [2.24, 2.45) is 5.41 Å². The molecule has 0 unspecified atom stereocenters. The number of para-hydroxylation sites is 1. The lowest BCUT2D eigenvalue weighted by Crippen LogP contribution is -2.41. The molecular weight excluding hydrogens is 335 g/mol. The molecule has 6 heteroatoms. The molecule has 0 aliphatic carbocycles. The summed E-state index contributed by atoms with van der Waals surface area (Å²) < 4.78 is 0. The number of hydrogen-bond donors (Lipinski definition) is 2. The number of hydrogen-bond acceptors (Lipinski definition) is 2. The zero-order chi connectivity index (χ0) is 17.0. The van der Waals surface area contributed by atoms with Crippen molar-refractivity contribution in [3.8, 4) is 0 Å². The van der Waals surface area contributed by atoms with Crippen LogP contribution in [-0.2, 0) is 9.59 Å². The molecule has 2 amide bonds. The Hall–Kier alpha value is -2.04. The van der Waals surface area contributed by atoms with E-state index >= 15 is 0 Å². The lowest BCUT2D eigenvalue weighted by molar-refractivity contribution is -0.135. The van der Waals surface area contributed by atoms with Gasteiger partial charge in [0.05, 0.1) is 10.7 Å². The molecular formula is C17H16Cl2N2O2. The van der Waals surface area contributed by atoms with Crippen molar-refractivity contribution >= 4 is 46.4 Å². The van der Waals surface area contributed by atoms with Crippen molar-refractivity contribution in [3.63, 3.8) is 0 Å². The highest BCUT2D eigenvalue weighted by molar-refractivity contribution is 6.36. The van der Waals surface area contributed by atoms with Gasteiger partial charge in [-0.25, -0.2) is 0 Å². The summed E-state index contributed by atoms with van der Waals surface area (Å²) in [5.74, 6) is -0.874. The molecule has 0 aliphatic rings. The third-order valence-electron chi connectivity index (χ3n) is 3.35. The molecule has 0 aliphatic heterocycles. The fourth-order valence-corrected chi connectivity index (χ4v) is 2.24. The highest BCUT2D eigenvalue weighted by Crippen LogP contribution is 2.28. The van der Waals surface area contributed by atoms with Gasteiger partial charge < -0.3 is 10.6 Å². The van der Waals surface area contributed by atoms with Gasteiger partial charge in [0.2, 0.25) is 11.8 Å². The molecule has 2 aromatic rings. The molecule has 4 nitrogen and oxygen atoms in total. The van der Waals surface area contributed by atoms with Crippen molar-refractivity contribution in [1.29, 1.82) is 0 Å². The van der Waals surface area contributed by atoms with Crippen LogP contribution in [0.1, 0.15) is 13.8 Å². The lowest BCUT2D eigenvalue weighted by atomic mass is 9.90. The fourth-order valence-electron chi connectivity index (χ4n) is 1.78. The minimum Gasteiger partial charge on any atom is -0.325 e. The molecule has 23 heavy (non-hydrogen) atoms. The van der Waals surface area contributed by atoms with Crippen LogP contribution in [-0.4, -0.2) is 11.8 Å². The summed E-state index contributed by atoms with van der Waals surface area (Å²) in [4.78, 5) is 24.8. The molecule has 2 N–H and O–H groups in total. The van der Waals surface area contributed by atoms with Gasteiger partial charge in [0, 0.05) is 10.7 Å². The molecule has 0 saturated heterocycles. The summed E-state index contributed by atoms with van der Waals surface area (Å²) in [5.41, 5.74) is -0.247. The summed E-state index contributed by atoms with van der Waals surface area (Å²) >= 11 is 11.9. The number of carbonyl (C=O) groups excluding carboxylic acids is 2. The van der Waals surface area contributed by atoms with Gasteiger partial charge in [-0.1, -0.05) is 41.4 Å². The first-order valence-electron chi connectivity index (χ1n) is 6.93. The van der Waals surface area contributed by atoms with Crippen molar-refractivity contribution in [1.82, 2.24) is 0 Å². The number of amides is 2. The number of halogens is 2. The van der Waals surface area contributed by atoms with Gasteiger partial charge >= 0.3 is 0 Å². The average molecular weight is 351 g/mol. The van der Waals surface area contributed by atoms with Crippen LogP contribution in [0.15, 0.2) is 48.5 Å². The number of anilines is 2. The molecule has 0 radical (unpaired) electrons. The zero-order valence-corrected chi connectivity index (χ0v) is 14.2.